The van der Waals surface area contributed by atoms with Crippen molar-refractivity contribution in [3.05, 3.63) is 36.5 Å². The monoisotopic (exact) mass is 1150 g/mol. The summed E-state index contributed by atoms with van der Waals surface area (Å²) in [7, 11) is 0. The number of hydrogen-bond acceptors (Lipinski definition) is 5. The predicted octanol–water partition coefficient (Wildman–Crippen LogP) is 24.3. The first-order chi connectivity index (χ1) is 40.5. The fourth-order valence-corrected chi connectivity index (χ4v) is 11.7. The van der Waals surface area contributed by atoms with Crippen LogP contribution in [0.5, 0.6) is 0 Å². The molecule has 484 valence electrons. The quantitative estimate of drug-likeness (QED) is 0.0320. The molecule has 0 aromatic rings. The average molecular weight is 1150 g/mol. The highest BCUT2D eigenvalue weighted by Crippen LogP contribution is 2.19. The molecule has 82 heavy (non-hydrogen) atoms. The summed E-state index contributed by atoms with van der Waals surface area (Å²) < 4.78 is 5.49. The molecule has 0 bridgehead atoms. The van der Waals surface area contributed by atoms with Gasteiger partial charge in [0.25, 0.3) is 0 Å². The summed E-state index contributed by atoms with van der Waals surface area (Å²) in [6, 6.07) is -0.626. The van der Waals surface area contributed by atoms with Gasteiger partial charge in [-0.25, -0.2) is 0 Å². The molecule has 0 aromatic carbocycles. The van der Waals surface area contributed by atoms with Gasteiger partial charge in [-0.2, -0.15) is 0 Å². The van der Waals surface area contributed by atoms with E-state index in [1.807, 2.05) is 6.08 Å². The Bertz CT molecular complexity index is 1330. The lowest BCUT2D eigenvalue weighted by Crippen LogP contribution is -2.45. The van der Waals surface area contributed by atoms with Gasteiger partial charge in [-0.1, -0.05) is 371 Å². The van der Waals surface area contributed by atoms with E-state index in [0.717, 1.165) is 44.9 Å². The maximum Gasteiger partial charge on any atom is 0.305 e. The van der Waals surface area contributed by atoms with E-state index in [1.165, 1.54) is 340 Å². The highest BCUT2D eigenvalue weighted by Gasteiger charge is 2.18. The van der Waals surface area contributed by atoms with E-state index in [-0.39, 0.29) is 18.5 Å². The van der Waals surface area contributed by atoms with Crippen molar-refractivity contribution in [3.8, 4) is 0 Å². The zero-order valence-corrected chi connectivity index (χ0v) is 55.5. The summed E-state index contributed by atoms with van der Waals surface area (Å²) >= 11 is 0. The Morgan fingerprint density at radius 1 is 0.341 bits per heavy atom. The largest absolute Gasteiger partial charge is 0.466 e. The van der Waals surface area contributed by atoms with Crippen LogP contribution in [0.3, 0.4) is 0 Å². The number of rotatable bonds is 70. The van der Waals surface area contributed by atoms with Crippen molar-refractivity contribution in [2.24, 2.45) is 0 Å². The average Bonchev–Trinajstić information content (AvgIpc) is 3.48. The van der Waals surface area contributed by atoms with Crippen molar-refractivity contribution in [2.45, 2.75) is 424 Å². The summed E-state index contributed by atoms with van der Waals surface area (Å²) in [6.45, 7) is 4.94. The Labute approximate surface area is 513 Å². The van der Waals surface area contributed by atoms with Crippen LogP contribution in [0.1, 0.15) is 412 Å². The second kappa shape index (κ2) is 71.6. The third kappa shape index (κ3) is 67.2. The fourth-order valence-electron chi connectivity index (χ4n) is 11.7. The second-order valence-corrected chi connectivity index (χ2v) is 25.6. The summed E-state index contributed by atoms with van der Waals surface area (Å²) in [4.78, 5) is 24.6. The van der Waals surface area contributed by atoms with Crippen LogP contribution in [0, 0.1) is 0 Å². The molecule has 0 radical (unpaired) electrons. The van der Waals surface area contributed by atoms with Crippen LogP contribution < -0.4 is 5.32 Å². The van der Waals surface area contributed by atoms with Gasteiger partial charge in [-0.3, -0.25) is 9.59 Å². The van der Waals surface area contributed by atoms with Gasteiger partial charge in [0, 0.05) is 12.8 Å². The number of carbonyl (C=O) groups excluding carboxylic acids is 2. The Morgan fingerprint density at radius 2 is 0.610 bits per heavy atom. The van der Waals surface area contributed by atoms with Crippen molar-refractivity contribution in [2.75, 3.05) is 13.2 Å². The first-order valence-corrected chi connectivity index (χ1v) is 37.3. The zero-order chi connectivity index (χ0) is 59.2. The van der Waals surface area contributed by atoms with E-state index in [0.29, 0.717) is 19.4 Å². The van der Waals surface area contributed by atoms with E-state index in [4.69, 9.17) is 4.74 Å². The maximum atomic E-state index is 12.5. The standard InChI is InChI=1S/C76H145NO5/c1-3-5-7-9-11-13-15-17-19-41-44-48-52-56-60-64-68-74(79)73(72-78)77-75(80)69-65-61-57-53-49-45-42-39-37-35-33-31-29-27-25-23-21-20-22-24-26-28-30-32-34-36-38-40-43-47-51-55-59-63-67-71-82-76(81)70-66-62-58-54-50-46-18-16-14-12-10-8-6-4-2/h22,24,28,30,64,68,73-74,78-79H,3-21,23,25-27,29,31-63,65-67,69-72H2,1-2H3,(H,77,80)/b24-22-,30-28-,68-64+. The molecule has 0 spiro atoms. The van der Waals surface area contributed by atoms with Crippen LogP contribution >= 0.6 is 0 Å². The number of esters is 1. The van der Waals surface area contributed by atoms with E-state index in [1.54, 1.807) is 6.08 Å². The van der Waals surface area contributed by atoms with E-state index >= 15 is 0 Å². The number of amides is 1. The van der Waals surface area contributed by atoms with Gasteiger partial charge in [0.15, 0.2) is 0 Å². The summed E-state index contributed by atoms with van der Waals surface area (Å²) in [5.41, 5.74) is 0. The molecule has 2 atom stereocenters. The third-order valence-corrected chi connectivity index (χ3v) is 17.4. The normalized spacial score (nSPS) is 12.7. The Balaban J connectivity index is 3.38. The van der Waals surface area contributed by atoms with Crippen molar-refractivity contribution in [1.29, 1.82) is 0 Å². The van der Waals surface area contributed by atoms with Crippen molar-refractivity contribution in [3.63, 3.8) is 0 Å². The lowest BCUT2D eigenvalue weighted by Gasteiger charge is -2.20. The molecule has 0 aliphatic heterocycles. The van der Waals surface area contributed by atoms with Crippen LogP contribution in [0.15, 0.2) is 36.5 Å². The van der Waals surface area contributed by atoms with E-state index < -0.39 is 12.1 Å². The highest BCUT2D eigenvalue weighted by atomic mass is 16.5. The summed E-state index contributed by atoms with van der Waals surface area (Å²) in [6.07, 6.45) is 92.5. The van der Waals surface area contributed by atoms with Gasteiger partial charge >= 0.3 is 5.97 Å². The summed E-state index contributed by atoms with van der Waals surface area (Å²) in [5.74, 6) is -0.0435. The highest BCUT2D eigenvalue weighted by molar-refractivity contribution is 5.76. The number of carbonyl (C=O) groups is 2. The fraction of sp³-hybridized carbons (Fsp3) is 0.895. The van der Waals surface area contributed by atoms with Crippen LogP contribution in [0.4, 0.5) is 0 Å². The minimum atomic E-state index is -0.843. The minimum absolute atomic E-state index is 0.0193. The molecular formula is C76H145NO5. The smallest absolute Gasteiger partial charge is 0.305 e. The topological polar surface area (TPSA) is 95.9 Å². The molecule has 0 heterocycles. The molecule has 6 heteroatoms. The van der Waals surface area contributed by atoms with Gasteiger partial charge in [0.05, 0.1) is 25.4 Å². The zero-order valence-electron chi connectivity index (χ0n) is 55.5. The van der Waals surface area contributed by atoms with E-state index in [9.17, 15) is 19.8 Å². The van der Waals surface area contributed by atoms with Crippen molar-refractivity contribution in [1.82, 2.24) is 5.32 Å². The molecule has 0 saturated heterocycles. The van der Waals surface area contributed by atoms with Crippen LogP contribution in [0.2, 0.25) is 0 Å². The van der Waals surface area contributed by atoms with Crippen LogP contribution in [-0.4, -0.2) is 47.4 Å². The molecule has 1 amide bonds. The number of ether oxygens (including phenoxy) is 1. The predicted molar refractivity (Wildman–Crippen MR) is 361 cm³/mol. The third-order valence-electron chi connectivity index (χ3n) is 17.4. The number of aliphatic hydroxyl groups is 2. The van der Waals surface area contributed by atoms with Gasteiger partial charge < -0.3 is 20.3 Å². The molecule has 0 rings (SSSR count). The number of nitrogens with one attached hydrogen (secondary N) is 1. The number of hydrogen-bond donors (Lipinski definition) is 3. The van der Waals surface area contributed by atoms with Crippen LogP contribution in [-0.2, 0) is 14.3 Å². The SMILES string of the molecule is CCCCCCCCCCCCCCCC/C=C/C(O)C(CO)NC(=O)CCCCCCCCCCCCCCCCCCC/C=C\C/C=C\CCCCCCCCCCCCCOC(=O)CCCCCCCCCCCCCCCC. The van der Waals surface area contributed by atoms with E-state index in [2.05, 4.69) is 43.5 Å². The molecule has 0 aliphatic carbocycles. The molecule has 0 aromatic heterocycles. The van der Waals surface area contributed by atoms with Crippen molar-refractivity contribution >= 4 is 11.9 Å². The number of aliphatic hydroxyl groups excluding tert-OH is 2. The Morgan fingerprint density at radius 3 is 0.927 bits per heavy atom. The minimum Gasteiger partial charge on any atom is -0.466 e. The molecule has 0 aliphatic rings. The first-order valence-electron chi connectivity index (χ1n) is 37.3. The second-order valence-electron chi connectivity index (χ2n) is 25.6. The number of allylic oxidation sites excluding steroid dienone is 5. The lowest BCUT2D eigenvalue weighted by atomic mass is 10.0. The van der Waals surface area contributed by atoms with Gasteiger partial charge in [0.1, 0.15) is 0 Å². The molecule has 3 N–H and O–H groups in total. The van der Waals surface area contributed by atoms with Gasteiger partial charge in [0.2, 0.25) is 5.91 Å². The molecule has 6 nitrogen and oxygen atoms in total. The number of unbranched alkanes of at least 4 members (excludes halogenated alkanes) is 55. The Kier molecular flexibility index (Phi) is 69.9. The molecule has 0 saturated carbocycles. The van der Waals surface area contributed by atoms with Gasteiger partial charge in [-0.15, -0.1) is 0 Å². The van der Waals surface area contributed by atoms with Crippen molar-refractivity contribution < 1.29 is 24.5 Å². The van der Waals surface area contributed by atoms with Gasteiger partial charge in [-0.05, 0) is 64.2 Å². The Hall–Kier alpha value is -1.92. The maximum absolute atomic E-state index is 12.5. The lowest BCUT2D eigenvalue weighted by molar-refractivity contribution is -0.143. The molecule has 0 fully saturated rings. The first kappa shape index (κ1) is 80.1. The van der Waals surface area contributed by atoms with Crippen LogP contribution in [0.25, 0.3) is 0 Å². The summed E-state index contributed by atoms with van der Waals surface area (Å²) in [5, 5.41) is 23.2. The molecular weight excluding hydrogens is 1010 g/mol. The molecule has 2 unspecified atom stereocenters.